The Labute approximate surface area is 173 Å². The van der Waals surface area contributed by atoms with Gasteiger partial charge in [-0.05, 0) is 55.3 Å². The van der Waals surface area contributed by atoms with Crippen LogP contribution in [0.25, 0.3) is 0 Å². The Bertz CT molecular complexity index is 990. The van der Waals surface area contributed by atoms with E-state index in [0.717, 1.165) is 22.6 Å². The van der Waals surface area contributed by atoms with Gasteiger partial charge in [-0.3, -0.25) is 4.79 Å². The molecular formula is C20H21ClN4O2S. The third-order valence-electron chi connectivity index (χ3n) is 4.06. The molecule has 6 nitrogen and oxygen atoms in total. The van der Waals surface area contributed by atoms with Gasteiger partial charge in [0, 0.05) is 17.8 Å². The quantitative estimate of drug-likeness (QED) is 0.578. The van der Waals surface area contributed by atoms with Crippen molar-refractivity contribution in [2.24, 2.45) is 7.05 Å². The molecule has 0 unspecified atom stereocenters. The van der Waals surface area contributed by atoms with Crippen molar-refractivity contribution in [2.75, 3.05) is 11.1 Å². The molecule has 146 valence electrons. The molecule has 0 fully saturated rings. The molecule has 28 heavy (non-hydrogen) atoms. The second kappa shape index (κ2) is 9.12. The molecule has 1 N–H and O–H groups in total. The monoisotopic (exact) mass is 416 g/mol. The van der Waals surface area contributed by atoms with Gasteiger partial charge in [-0.2, -0.15) is 0 Å². The molecule has 0 saturated heterocycles. The molecule has 0 aliphatic rings. The van der Waals surface area contributed by atoms with E-state index in [1.165, 1.54) is 11.8 Å². The van der Waals surface area contributed by atoms with E-state index in [9.17, 15) is 4.79 Å². The molecule has 3 aromatic rings. The molecule has 0 aliphatic carbocycles. The highest BCUT2D eigenvalue weighted by atomic mass is 35.5. The fourth-order valence-electron chi connectivity index (χ4n) is 2.50. The van der Waals surface area contributed by atoms with Crippen molar-refractivity contribution >= 4 is 35.0 Å². The van der Waals surface area contributed by atoms with Crippen molar-refractivity contribution in [3.05, 3.63) is 64.4 Å². The second-order valence-corrected chi connectivity index (χ2v) is 7.71. The van der Waals surface area contributed by atoms with Gasteiger partial charge in [0.1, 0.15) is 12.4 Å². The summed E-state index contributed by atoms with van der Waals surface area (Å²) in [5.41, 5.74) is 2.84. The van der Waals surface area contributed by atoms with E-state index in [2.05, 4.69) is 15.5 Å². The maximum Gasteiger partial charge on any atom is 0.234 e. The number of aromatic nitrogens is 3. The Morgan fingerprint density at radius 1 is 1.21 bits per heavy atom. The number of benzene rings is 2. The van der Waals surface area contributed by atoms with E-state index in [4.69, 9.17) is 16.3 Å². The van der Waals surface area contributed by atoms with Crippen LogP contribution in [0.5, 0.6) is 5.75 Å². The normalized spacial score (nSPS) is 10.7. The third-order valence-corrected chi connectivity index (χ3v) is 5.50. The van der Waals surface area contributed by atoms with Crippen molar-refractivity contribution in [1.29, 1.82) is 0 Å². The Balaban J connectivity index is 1.53. The largest absolute Gasteiger partial charge is 0.486 e. The van der Waals surface area contributed by atoms with Crippen LogP contribution >= 0.6 is 23.4 Å². The highest BCUT2D eigenvalue weighted by molar-refractivity contribution is 7.99. The molecule has 2 aromatic carbocycles. The van der Waals surface area contributed by atoms with E-state index in [1.807, 2.05) is 61.9 Å². The smallest absolute Gasteiger partial charge is 0.234 e. The summed E-state index contributed by atoms with van der Waals surface area (Å²) in [6.45, 7) is 4.19. The molecule has 0 saturated carbocycles. The highest BCUT2D eigenvalue weighted by Gasteiger charge is 2.12. The van der Waals surface area contributed by atoms with E-state index in [1.54, 1.807) is 6.07 Å². The molecule has 1 heterocycles. The number of nitrogens with one attached hydrogen (secondary N) is 1. The zero-order chi connectivity index (χ0) is 20.1. The molecule has 1 amide bonds. The van der Waals surface area contributed by atoms with E-state index < -0.39 is 0 Å². The summed E-state index contributed by atoms with van der Waals surface area (Å²) in [4.78, 5) is 12.2. The summed E-state index contributed by atoms with van der Waals surface area (Å²) in [7, 11) is 1.85. The fourth-order valence-corrected chi connectivity index (χ4v) is 3.35. The lowest BCUT2D eigenvalue weighted by Gasteiger charge is -2.08. The SMILES string of the molecule is Cc1cccc(NC(=O)CSc2nnc(COc3ccc(Cl)c(C)c3)n2C)c1. The Kier molecular flexibility index (Phi) is 6.59. The highest BCUT2D eigenvalue weighted by Crippen LogP contribution is 2.22. The number of aryl methyl sites for hydroxylation is 2. The van der Waals surface area contributed by atoms with Crippen LogP contribution in [0.15, 0.2) is 47.6 Å². The first-order valence-corrected chi connectivity index (χ1v) is 10.1. The van der Waals surface area contributed by atoms with Gasteiger partial charge >= 0.3 is 0 Å². The molecule has 0 spiro atoms. The number of carbonyl (C=O) groups excluding carboxylic acids is 1. The maximum absolute atomic E-state index is 12.2. The molecule has 3 rings (SSSR count). The number of thioether (sulfide) groups is 1. The van der Waals surface area contributed by atoms with Crippen molar-refractivity contribution in [2.45, 2.75) is 25.6 Å². The summed E-state index contributed by atoms with van der Waals surface area (Å²) < 4.78 is 7.59. The average Bonchev–Trinajstić information content (AvgIpc) is 3.01. The average molecular weight is 417 g/mol. The van der Waals surface area contributed by atoms with Crippen molar-refractivity contribution in [3.63, 3.8) is 0 Å². The van der Waals surface area contributed by atoms with Gasteiger partial charge in [0.15, 0.2) is 11.0 Å². The molecule has 0 bridgehead atoms. The first kappa shape index (κ1) is 20.2. The summed E-state index contributed by atoms with van der Waals surface area (Å²) in [6, 6.07) is 13.2. The topological polar surface area (TPSA) is 69.0 Å². The lowest BCUT2D eigenvalue weighted by Crippen LogP contribution is -2.14. The fraction of sp³-hybridized carbons (Fsp3) is 0.250. The Morgan fingerprint density at radius 2 is 2.04 bits per heavy atom. The van der Waals surface area contributed by atoms with Gasteiger partial charge in [-0.25, -0.2) is 0 Å². The number of nitrogens with zero attached hydrogens (tertiary/aromatic N) is 3. The van der Waals surface area contributed by atoms with Crippen molar-refractivity contribution < 1.29 is 9.53 Å². The minimum atomic E-state index is -0.0898. The number of ether oxygens (including phenoxy) is 1. The zero-order valence-corrected chi connectivity index (χ0v) is 17.5. The van der Waals surface area contributed by atoms with E-state index >= 15 is 0 Å². The molecule has 8 heteroatoms. The minimum absolute atomic E-state index is 0.0898. The molecule has 0 atom stereocenters. The van der Waals surface area contributed by atoms with Crippen LogP contribution in [0, 0.1) is 13.8 Å². The predicted molar refractivity (Wildman–Crippen MR) is 112 cm³/mol. The van der Waals surface area contributed by atoms with Crippen molar-refractivity contribution in [3.8, 4) is 5.75 Å². The van der Waals surface area contributed by atoms with E-state index in [-0.39, 0.29) is 18.3 Å². The van der Waals surface area contributed by atoms with Crippen LogP contribution in [-0.2, 0) is 18.4 Å². The van der Waals surface area contributed by atoms with Crippen LogP contribution in [0.2, 0.25) is 5.02 Å². The number of hydrogen-bond acceptors (Lipinski definition) is 5. The maximum atomic E-state index is 12.2. The van der Waals surface area contributed by atoms with Crippen molar-refractivity contribution in [1.82, 2.24) is 14.8 Å². The summed E-state index contributed by atoms with van der Waals surface area (Å²) >= 11 is 7.36. The van der Waals surface area contributed by atoms with Gasteiger partial charge < -0.3 is 14.6 Å². The van der Waals surface area contributed by atoms with Gasteiger partial charge in [-0.15, -0.1) is 10.2 Å². The lowest BCUT2D eigenvalue weighted by molar-refractivity contribution is -0.113. The molecular weight excluding hydrogens is 396 g/mol. The number of anilines is 1. The van der Waals surface area contributed by atoms with Crippen LogP contribution in [0.4, 0.5) is 5.69 Å². The van der Waals surface area contributed by atoms with Gasteiger partial charge in [0.2, 0.25) is 5.91 Å². The summed E-state index contributed by atoms with van der Waals surface area (Å²) in [5, 5.41) is 12.5. The summed E-state index contributed by atoms with van der Waals surface area (Å²) in [5.74, 6) is 1.55. The Hall–Kier alpha value is -2.51. The number of rotatable bonds is 7. The number of halogens is 1. The predicted octanol–water partition coefficient (Wildman–Crippen LogP) is 4.40. The van der Waals surface area contributed by atoms with Gasteiger partial charge in [0.05, 0.1) is 5.75 Å². The van der Waals surface area contributed by atoms with Crippen LogP contribution in [-0.4, -0.2) is 26.4 Å². The third kappa shape index (κ3) is 5.27. The van der Waals surface area contributed by atoms with Crippen LogP contribution in [0.3, 0.4) is 0 Å². The zero-order valence-electron chi connectivity index (χ0n) is 15.9. The Morgan fingerprint density at radius 3 is 2.79 bits per heavy atom. The van der Waals surface area contributed by atoms with Crippen LogP contribution in [0.1, 0.15) is 17.0 Å². The van der Waals surface area contributed by atoms with Gasteiger partial charge in [-0.1, -0.05) is 35.5 Å². The van der Waals surface area contributed by atoms with Gasteiger partial charge in [0.25, 0.3) is 0 Å². The minimum Gasteiger partial charge on any atom is -0.486 e. The molecule has 1 aromatic heterocycles. The second-order valence-electron chi connectivity index (χ2n) is 6.36. The lowest BCUT2D eigenvalue weighted by atomic mass is 10.2. The van der Waals surface area contributed by atoms with Crippen LogP contribution < -0.4 is 10.1 Å². The standard InChI is InChI=1S/C20H21ClN4O2S/c1-13-5-4-6-15(9-13)22-19(26)12-28-20-24-23-18(25(20)3)11-27-16-7-8-17(21)14(2)10-16/h4-10H,11-12H2,1-3H3,(H,22,26). The molecule has 0 radical (unpaired) electrons. The number of hydrogen-bond donors (Lipinski definition) is 1. The first-order chi connectivity index (χ1) is 13.4. The molecule has 0 aliphatic heterocycles. The first-order valence-electron chi connectivity index (χ1n) is 8.69. The number of amides is 1. The summed E-state index contributed by atoms with van der Waals surface area (Å²) in [6.07, 6.45) is 0. The van der Waals surface area contributed by atoms with E-state index in [0.29, 0.717) is 16.0 Å². The number of carbonyl (C=O) groups is 1.